The van der Waals surface area contributed by atoms with Crippen LogP contribution in [-0.2, 0) is 4.74 Å². The van der Waals surface area contributed by atoms with Crippen LogP contribution in [0.1, 0.15) is 70.6 Å². The highest BCUT2D eigenvalue weighted by Gasteiger charge is 2.46. The molecule has 8 nitrogen and oxygen atoms in total. The van der Waals surface area contributed by atoms with Gasteiger partial charge in [0.15, 0.2) is 5.69 Å². The van der Waals surface area contributed by atoms with Gasteiger partial charge in [0.2, 0.25) is 0 Å². The van der Waals surface area contributed by atoms with Gasteiger partial charge in [-0.25, -0.2) is 4.98 Å². The summed E-state index contributed by atoms with van der Waals surface area (Å²) in [5.41, 5.74) is 6.12. The molecule has 1 saturated heterocycles. The zero-order valence-electron chi connectivity index (χ0n) is 25.5. The summed E-state index contributed by atoms with van der Waals surface area (Å²) in [5, 5.41) is 12.5. The summed E-state index contributed by atoms with van der Waals surface area (Å²) >= 11 is 12.9. The van der Waals surface area contributed by atoms with E-state index in [1.807, 2.05) is 73.3 Å². The number of ether oxygens (including phenoxy) is 2. The predicted molar refractivity (Wildman–Crippen MR) is 173 cm³/mol. The molecule has 1 amide bonds. The summed E-state index contributed by atoms with van der Waals surface area (Å²) in [6.45, 7) is 10.5. The maximum atomic E-state index is 14.5. The first-order chi connectivity index (χ1) is 21.1. The molecule has 1 N–H and O–H groups in total. The molecule has 0 radical (unpaired) electrons. The molecule has 2 aliphatic rings. The number of halogens is 2. The summed E-state index contributed by atoms with van der Waals surface area (Å²) in [6.07, 6.45) is -0.815. The summed E-state index contributed by atoms with van der Waals surface area (Å²) in [7, 11) is 1.61. The summed E-state index contributed by atoms with van der Waals surface area (Å²) in [6, 6.07) is 16.4. The largest absolute Gasteiger partial charge is 0.496 e. The number of aliphatic hydroxyl groups excluding tert-OH is 1. The van der Waals surface area contributed by atoms with Crippen LogP contribution < -0.4 is 9.64 Å². The molecular weight excluding hydrogens is 599 g/mol. The van der Waals surface area contributed by atoms with E-state index >= 15 is 0 Å². The Morgan fingerprint density at radius 2 is 1.68 bits per heavy atom. The minimum Gasteiger partial charge on any atom is -0.496 e. The monoisotopic (exact) mass is 634 g/mol. The second-order valence-electron chi connectivity index (χ2n) is 11.6. The van der Waals surface area contributed by atoms with Gasteiger partial charge in [0, 0.05) is 34.9 Å². The number of amides is 1. The maximum absolute atomic E-state index is 14.5. The Kier molecular flexibility index (Phi) is 8.48. The number of aliphatic hydroxyl groups is 1. The van der Waals surface area contributed by atoms with Crippen LogP contribution in [0.25, 0.3) is 11.4 Å². The molecule has 0 aliphatic carbocycles. The number of hydrogen-bond acceptors (Lipinski definition) is 6. The Balaban J connectivity index is 1.57. The van der Waals surface area contributed by atoms with Crippen molar-refractivity contribution in [3.63, 3.8) is 0 Å². The highest BCUT2D eigenvalue weighted by molar-refractivity contribution is 6.31. The lowest BCUT2D eigenvalue weighted by Crippen LogP contribution is -2.39. The van der Waals surface area contributed by atoms with Crippen LogP contribution in [-0.4, -0.2) is 58.9 Å². The van der Waals surface area contributed by atoms with E-state index in [2.05, 4.69) is 18.4 Å². The highest BCUT2D eigenvalue weighted by atomic mass is 35.5. The Morgan fingerprint density at radius 3 is 2.36 bits per heavy atom. The van der Waals surface area contributed by atoms with Crippen LogP contribution in [0.3, 0.4) is 0 Å². The van der Waals surface area contributed by atoms with E-state index in [0.29, 0.717) is 64.7 Å². The molecule has 3 aromatic carbocycles. The van der Waals surface area contributed by atoms with Gasteiger partial charge in [0.05, 0.1) is 31.6 Å². The van der Waals surface area contributed by atoms with Crippen LogP contribution in [0.15, 0.2) is 54.6 Å². The number of benzene rings is 3. The van der Waals surface area contributed by atoms with Gasteiger partial charge in [-0.1, -0.05) is 41.4 Å². The van der Waals surface area contributed by atoms with Crippen LogP contribution in [0.5, 0.6) is 5.75 Å². The number of aromatic nitrogens is 2. The third-order valence-corrected chi connectivity index (χ3v) is 8.98. The van der Waals surface area contributed by atoms with Gasteiger partial charge >= 0.3 is 0 Å². The van der Waals surface area contributed by atoms with Gasteiger partial charge in [-0.2, -0.15) is 0 Å². The van der Waals surface area contributed by atoms with Crippen molar-refractivity contribution >= 4 is 34.8 Å². The van der Waals surface area contributed by atoms with Gasteiger partial charge in [-0.3, -0.25) is 14.6 Å². The van der Waals surface area contributed by atoms with Crippen LogP contribution in [0.2, 0.25) is 10.0 Å². The Hall–Kier alpha value is -3.40. The molecule has 4 aromatic rings. The fourth-order valence-electron chi connectivity index (χ4n) is 6.35. The van der Waals surface area contributed by atoms with E-state index in [1.165, 1.54) is 0 Å². The van der Waals surface area contributed by atoms with E-state index in [-0.39, 0.29) is 11.9 Å². The summed E-state index contributed by atoms with van der Waals surface area (Å²) in [5.74, 6) is 0.988. The number of anilines is 1. The average molecular weight is 636 g/mol. The SMILES string of the molecule is COc1ccc(C(O)N2CCOCC2)cc1-c1nc2c(n1C(C)C)C(c1ccc(Cl)cc1C)N(c1cc(Cl)ccc1C)C2=O. The van der Waals surface area contributed by atoms with Crippen molar-refractivity contribution in [2.24, 2.45) is 0 Å². The number of morpholine rings is 1. The fraction of sp³-hybridized carbons (Fsp3) is 0.353. The highest BCUT2D eigenvalue weighted by Crippen LogP contribution is 2.47. The second kappa shape index (κ2) is 12.2. The zero-order chi connectivity index (χ0) is 31.3. The fourth-order valence-corrected chi connectivity index (χ4v) is 6.74. The summed E-state index contributed by atoms with van der Waals surface area (Å²) in [4.78, 5) is 23.3. The summed E-state index contributed by atoms with van der Waals surface area (Å²) < 4.78 is 13.4. The lowest BCUT2D eigenvalue weighted by atomic mass is 9.97. The number of carbonyl (C=O) groups excluding carboxylic acids is 1. The number of methoxy groups -OCH3 is 1. The van der Waals surface area contributed by atoms with E-state index in [9.17, 15) is 9.90 Å². The van der Waals surface area contributed by atoms with Crippen molar-refractivity contribution in [2.45, 2.75) is 46.0 Å². The Labute approximate surface area is 267 Å². The topological polar surface area (TPSA) is 80.1 Å². The Morgan fingerprint density at radius 1 is 0.977 bits per heavy atom. The average Bonchev–Trinajstić information content (AvgIpc) is 3.53. The maximum Gasteiger partial charge on any atom is 0.279 e. The van der Waals surface area contributed by atoms with Crippen LogP contribution in [0, 0.1) is 13.8 Å². The number of fused-ring (bicyclic) bond motifs is 1. The molecule has 2 aliphatic heterocycles. The van der Waals surface area contributed by atoms with E-state index in [1.54, 1.807) is 12.0 Å². The van der Waals surface area contributed by atoms with Crippen LogP contribution in [0.4, 0.5) is 5.69 Å². The van der Waals surface area contributed by atoms with Crippen molar-refractivity contribution in [1.29, 1.82) is 0 Å². The van der Waals surface area contributed by atoms with Gasteiger partial charge in [-0.15, -0.1) is 0 Å². The number of hydrogen-bond donors (Lipinski definition) is 1. The number of aryl methyl sites for hydroxylation is 2. The molecule has 1 fully saturated rings. The first kappa shape index (κ1) is 30.6. The van der Waals surface area contributed by atoms with Crippen molar-refractivity contribution < 1.29 is 19.4 Å². The standard InChI is InChI=1S/C34H36Cl2N4O4/c1-19(2)39-31-29(37-32(39)26-17-22(7-11-28(26)43-5)33(41)38-12-14-44-15-13-38)34(42)40(27-18-24(36)8-6-20(27)3)30(31)25-10-9-23(35)16-21(25)4/h6-11,16-19,30,33,41H,12-15H2,1-5H3. The molecular formula is C34H36Cl2N4O4. The lowest BCUT2D eigenvalue weighted by Gasteiger charge is -2.32. The van der Waals surface area contributed by atoms with Crippen molar-refractivity contribution in [3.05, 3.63) is 98.3 Å². The number of nitrogens with zero attached hydrogens (tertiary/aromatic N) is 4. The Bertz CT molecular complexity index is 1730. The minimum absolute atomic E-state index is 0.0675. The molecule has 0 saturated carbocycles. The lowest BCUT2D eigenvalue weighted by molar-refractivity contribution is -0.0603. The molecule has 0 bridgehead atoms. The van der Waals surface area contributed by atoms with Crippen molar-refractivity contribution in [3.8, 4) is 17.1 Å². The quantitative estimate of drug-likeness (QED) is 0.233. The predicted octanol–water partition coefficient (Wildman–Crippen LogP) is 7.14. The second-order valence-corrected chi connectivity index (χ2v) is 12.5. The van der Waals surface area contributed by atoms with E-state index in [4.69, 9.17) is 37.7 Å². The van der Waals surface area contributed by atoms with E-state index < -0.39 is 12.3 Å². The van der Waals surface area contributed by atoms with Crippen LogP contribution >= 0.6 is 23.2 Å². The third-order valence-electron chi connectivity index (χ3n) is 8.51. The molecule has 6 rings (SSSR count). The number of rotatable bonds is 7. The molecule has 0 spiro atoms. The van der Waals surface area contributed by atoms with Crippen molar-refractivity contribution in [2.75, 3.05) is 38.3 Å². The number of imidazole rings is 1. The molecule has 3 heterocycles. The third kappa shape index (κ3) is 5.29. The van der Waals surface area contributed by atoms with Crippen molar-refractivity contribution in [1.82, 2.24) is 14.5 Å². The molecule has 44 heavy (non-hydrogen) atoms. The molecule has 2 atom stereocenters. The van der Waals surface area contributed by atoms with Gasteiger partial charge in [0.25, 0.3) is 5.91 Å². The molecule has 10 heteroatoms. The first-order valence-electron chi connectivity index (χ1n) is 14.8. The first-order valence-corrected chi connectivity index (χ1v) is 15.5. The van der Waals surface area contributed by atoms with E-state index in [0.717, 1.165) is 28.1 Å². The van der Waals surface area contributed by atoms with Gasteiger partial charge in [0.1, 0.15) is 23.8 Å². The van der Waals surface area contributed by atoms with Gasteiger partial charge < -0.3 is 19.1 Å². The molecule has 1 aromatic heterocycles. The molecule has 2 unspecified atom stereocenters. The number of carbonyl (C=O) groups is 1. The normalized spacial score (nSPS) is 17.8. The zero-order valence-corrected chi connectivity index (χ0v) is 27.0. The van der Waals surface area contributed by atoms with Gasteiger partial charge in [-0.05, 0) is 86.3 Å². The minimum atomic E-state index is -0.815. The smallest absolute Gasteiger partial charge is 0.279 e. The molecule has 230 valence electrons.